The number of hydrogen-bond acceptors (Lipinski definition) is 2. The maximum Gasteiger partial charge on any atom is 0.321 e. The molecule has 1 heterocycles. The molecule has 2 aromatic carbocycles. The third kappa shape index (κ3) is 5.10. The average Bonchev–Trinajstić information content (AvgIpc) is 2.90. The van der Waals surface area contributed by atoms with Crippen LogP contribution < -0.4 is 10.6 Å². The highest BCUT2D eigenvalue weighted by atomic mass is 35.5. The quantitative estimate of drug-likeness (QED) is 0.774. The second kappa shape index (κ2) is 8.88. The Labute approximate surface area is 166 Å². The van der Waals surface area contributed by atoms with E-state index in [0.717, 1.165) is 6.07 Å². The molecule has 0 aromatic heterocycles. The zero-order valence-corrected chi connectivity index (χ0v) is 15.7. The smallest absolute Gasteiger partial charge is 0.321 e. The Bertz CT molecular complexity index is 881. The van der Waals surface area contributed by atoms with Crippen molar-refractivity contribution >= 4 is 35.0 Å². The summed E-state index contributed by atoms with van der Waals surface area (Å²) in [5, 5.41) is 5.73. The molecule has 1 aliphatic rings. The molecule has 3 rings (SSSR count). The summed E-state index contributed by atoms with van der Waals surface area (Å²) in [5.74, 6) is -1.56. The first kappa shape index (κ1) is 19.9. The molecule has 0 atom stereocenters. The van der Waals surface area contributed by atoms with Crippen LogP contribution in [-0.2, 0) is 0 Å². The molecule has 0 aliphatic carbocycles. The van der Waals surface area contributed by atoms with Gasteiger partial charge in [-0.2, -0.15) is 0 Å². The standard InChI is InChI=1S/C19H19ClF2N4O2/c20-13-3-1-4-15(11-13)23-18(27)25-7-2-8-26(10-9-25)19(28)24-17-6-5-14(21)12-16(17)22/h1,3-6,11-12H,2,7-10H2,(H,23,27)(H,24,28). The Morgan fingerprint density at radius 3 is 2.21 bits per heavy atom. The highest BCUT2D eigenvalue weighted by Gasteiger charge is 2.22. The van der Waals surface area contributed by atoms with Gasteiger partial charge in [0, 0.05) is 43.0 Å². The lowest BCUT2D eigenvalue weighted by atomic mass is 10.3. The van der Waals surface area contributed by atoms with E-state index in [2.05, 4.69) is 10.6 Å². The average molecular weight is 409 g/mol. The molecule has 6 nitrogen and oxygen atoms in total. The number of hydrogen-bond donors (Lipinski definition) is 2. The second-order valence-electron chi connectivity index (χ2n) is 6.32. The summed E-state index contributed by atoms with van der Waals surface area (Å²) in [5.41, 5.74) is 0.495. The predicted molar refractivity (Wildman–Crippen MR) is 104 cm³/mol. The molecule has 0 unspecified atom stereocenters. The highest BCUT2D eigenvalue weighted by molar-refractivity contribution is 6.30. The van der Waals surface area contributed by atoms with E-state index < -0.39 is 17.7 Å². The van der Waals surface area contributed by atoms with Gasteiger partial charge >= 0.3 is 12.1 Å². The lowest BCUT2D eigenvalue weighted by molar-refractivity contribution is 0.205. The highest BCUT2D eigenvalue weighted by Crippen LogP contribution is 2.17. The van der Waals surface area contributed by atoms with Crippen molar-refractivity contribution in [2.75, 3.05) is 36.8 Å². The van der Waals surface area contributed by atoms with E-state index in [9.17, 15) is 18.4 Å². The van der Waals surface area contributed by atoms with Crippen LogP contribution in [0.3, 0.4) is 0 Å². The third-order valence-corrected chi connectivity index (χ3v) is 4.55. The number of amides is 4. The van der Waals surface area contributed by atoms with Crippen LogP contribution in [0.2, 0.25) is 5.02 Å². The second-order valence-corrected chi connectivity index (χ2v) is 6.76. The SMILES string of the molecule is O=C(Nc1cccc(Cl)c1)N1CCCN(C(=O)Nc2ccc(F)cc2F)CC1. The lowest BCUT2D eigenvalue weighted by Crippen LogP contribution is -2.40. The van der Waals surface area contributed by atoms with E-state index in [-0.39, 0.29) is 18.3 Å². The number of nitrogens with one attached hydrogen (secondary N) is 2. The summed E-state index contributed by atoms with van der Waals surface area (Å²) in [4.78, 5) is 27.9. The predicted octanol–water partition coefficient (Wildman–Crippen LogP) is 4.39. The van der Waals surface area contributed by atoms with Gasteiger partial charge in [0.1, 0.15) is 11.6 Å². The molecule has 1 fully saturated rings. The van der Waals surface area contributed by atoms with Crippen molar-refractivity contribution in [1.82, 2.24) is 9.80 Å². The van der Waals surface area contributed by atoms with Gasteiger partial charge in [-0.25, -0.2) is 18.4 Å². The van der Waals surface area contributed by atoms with E-state index in [1.54, 1.807) is 29.2 Å². The van der Waals surface area contributed by atoms with Gasteiger partial charge in [0.2, 0.25) is 0 Å². The van der Waals surface area contributed by atoms with Crippen molar-refractivity contribution in [2.45, 2.75) is 6.42 Å². The van der Waals surface area contributed by atoms with E-state index in [4.69, 9.17) is 11.6 Å². The molecule has 1 saturated heterocycles. The zero-order chi connectivity index (χ0) is 20.1. The Balaban J connectivity index is 1.56. The first-order valence-corrected chi connectivity index (χ1v) is 9.12. The fourth-order valence-electron chi connectivity index (χ4n) is 2.88. The van der Waals surface area contributed by atoms with Crippen LogP contribution >= 0.6 is 11.6 Å². The van der Waals surface area contributed by atoms with Crippen LogP contribution in [-0.4, -0.2) is 48.0 Å². The van der Waals surface area contributed by atoms with Crippen molar-refractivity contribution in [3.63, 3.8) is 0 Å². The van der Waals surface area contributed by atoms with E-state index >= 15 is 0 Å². The topological polar surface area (TPSA) is 64.7 Å². The largest absolute Gasteiger partial charge is 0.323 e. The van der Waals surface area contributed by atoms with Crippen molar-refractivity contribution in [3.05, 3.63) is 59.1 Å². The van der Waals surface area contributed by atoms with Crippen molar-refractivity contribution in [1.29, 1.82) is 0 Å². The van der Waals surface area contributed by atoms with Gasteiger partial charge in [0.15, 0.2) is 0 Å². The molecule has 0 saturated carbocycles. The maximum absolute atomic E-state index is 13.7. The number of nitrogens with zero attached hydrogens (tertiary/aromatic N) is 2. The van der Waals surface area contributed by atoms with Crippen LogP contribution in [0.4, 0.5) is 29.7 Å². The molecule has 4 amide bonds. The zero-order valence-electron chi connectivity index (χ0n) is 14.9. The Hall–Kier alpha value is -2.87. The third-order valence-electron chi connectivity index (χ3n) is 4.32. The monoisotopic (exact) mass is 408 g/mol. The summed E-state index contributed by atoms with van der Waals surface area (Å²) in [6.45, 7) is 1.50. The van der Waals surface area contributed by atoms with Crippen LogP contribution in [0.15, 0.2) is 42.5 Å². The van der Waals surface area contributed by atoms with Gasteiger partial charge in [-0.3, -0.25) is 0 Å². The summed E-state index contributed by atoms with van der Waals surface area (Å²) < 4.78 is 26.7. The van der Waals surface area contributed by atoms with E-state index in [1.807, 2.05) is 0 Å². The van der Waals surface area contributed by atoms with Gasteiger partial charge in [-0.05, 0) is 36.8 Å². The minimum absolute atomic E-state index is 0.0915. The molecule has 28 heavy (non-hydrogen) atoms. The Morgan fingerprint density at radius 2 is 1.57 bits per heavy atom. The van der Waals surface area contributed by atoms with Crippen LogP contribution in [0.1, 0.15) is 6.42 Å². The molecule has 2 N–H and O–H groups in total. The Morgan fingerprint density at radius 1 is 0.893 bits per heavy atom. The number of carbonyl (C=O) groups excluding carboxylic acids is 2. The van der Waals surface area contributed by atoms with Crippen LogP contribution in [0.25, 0.3) is 0 Å². The van der Waals surface area contributed by atoms with Crippen molar-refractivity contribution in [3.8, 4) is 0 Å². The maximum atomic E-state index is 13.7. The summed E-state index contributed by atoms with van der Waals surface area (Å²) >= 11 is 5.92. The number of urea groups is 2. The summed E-state index contributed by atoms with van der Waals surface area (Å²) in [7, 11) is 0. The fraction of sp³-hybridized carbons (Fsp3) is 0.263. The number of carbonyl (C=O) groups is 2. The molecule has 0 radical (unpaired) electrons. The van der Waals surface area contributed by atoms with Gasteiger partial charge in [-0.15, -0.1) is 0 Å². The van der Waals surface area contributed by atoms with Gasteiger partial charge in [-0.1, -0.05) is 17.7 Å². The minimum Gasteiger partial charge on any atom is -0.323 e. The number of rotatable bonds is 2. The molecule has 9 heteroatoms. The number of halogens is 3. The minimum atomic E-state index is -0.842. The molecule has 1 aliphatic heterocycles. The molecular weight excluding hydrogens is 390 g/mol. The first-order chi connectivity index (χ1) is 13.4. The van der Waals surface area contributed by atoms with Gasteiger partial charge in [0.05, 0.1) is 5.69 Å². The van der Waals surface area contributed by atoms with Gasteiger partial charge in [0.25, 0.3) is 0 Å². The van der Waals surface area contributed by atoms with Crippen LogP contribution in [0, 0.1) is 11.6 Å². The van der Waals surface area contributed by atoms with E-state index in [0.29, 0.717) is 42.8 Å². The fourth-order valence-corrected chi connectivity index (χ4v) is 3.07. The molecule has 2 aromatic rings. The van der Waals surface area contributed by atoms with Crippen molar-refractivity contribution < 1.29 is 18.4 Å². The van der Waals surface area contributed by atoms with Crippen molar-refractivity contribution in [2.24, 2.45) is 0 Å². The van der Waals surface area contributed by atoms with E-state index in [1.165, 1.54) is 11.0 Å². The van der Waals surface area contributed by atoms with Gasteiger partial charge < -0.3 is 20.4 Å². The summed E-state index contributed by atoms with van der Waals surface area (Å²) in [6, 6.07) is 9.00. The van der Waals surface area contributed by atoms with Crippen LogP contribution in [0.5, 0.6) is 0 Å². The molecular formula is C19H19ClF2N4O2. The normalized spacial score (nSPS) is 14.4. The number of benzene rings is 2. The lowest BCUT2D eigenvalue weighted by Gasteiger charge is -2.23. The Kier molecular flexibility index (Phi) is 6.30. The molecule has 0 bridgehead atoms. The first-order valence-electron chi connectivity index (χ1n) is 8.75. The molecule has 148 valence electrons. The molecule has 0 spiro atoms. The number of anilines is 2. The summed E-state index contributed by atoms with van der Waals surface area (Å²) in [6.07, 6.45) is 0.572.